The third-order valence-corrected chi connectivity index (χ3v) is 2.97. The molecule has 0 saturated carbocycles. The topological polar surface area (TPSA) is 30.5 Å². The van der Waals surface area contributed by atoms with Gasteiger partial charge in [-0.25, -0.2) is 4.39 Å². The zero-order valence-corrected chi connectivity index (χ0v) is 13.4. The highest BCUT2D eigenvalue weighted by Gasteiger charge is 2.12. The second kappa shape index (κ2) is 10.7. The van der Waals surface area contributed by atoms with Gasteiger partial charge in [-0.3, -0.25) is 0 Å². The van der Waals surface area contributed by atoms with Gasteiger partial charge in [-0.2, -0.15) is 0 Å². The number of ether oxygens (including phenoxy) is 2. The predicted molar refractivity (Wildman–Crippen MR) is 83.9 cm³/mol. The lowest BCUT2D eigenvalue weighted by Gasteiger charge is -2.19. The largest absolute Gasteiger partial charge is 0.379 e. The Hall–Kier alpha value is -0.970. The number of hydrogen-bond acceptors (Lipinski definition) is 3. The molecule has 0 fully saturated rings. The molecule has 0 heterocycles. The zero-order chi connectivity index (χ0) is 15.5. The van der Waals surface area contributed by atoms with E-state index in [4.69, 9.17) is 9.47 Å². The highest BCUT2D eigenvalue weighted by molar-refractivity contribution is 5.19. The molecule has 0 radical (unpaired) electrons. The van der Waals surface area contributed by atoms with E-state index in [1.165, 1.54) is 12.1 Å². The van der Waals surface area contributed by atoms with Crippen LogP contribution in [0.15, 0.2) is 24.3 Å². The van der Waals surface area contributed by atoms with Gasteiger partial charge in [-0.05, 0) is 36.6 Å². The molecular weight excluding hydrogens is 269 g/mol. The Balaban J connectivity index is 2.44. The molecule has 4 heteroatoms. The van der Waals surface area contributed by atoms with Crippen molar-refractivity contribution in [2.75, 3.05) is 32.9 Å². The van der Waals surface area contributed by atoms with E-state index >= 15 is 0 Å². The molecule has 1 rings (SSSR count). The Bertz CT molecular complexity index is 385. The SMILES string of the molecule is CCCNCC(OCCOCC(C)C)c1cccc(F)c1. The van der Waals surface area contributed by atoms with Crippen LogP contribution in [-0.4, -0.2) is 32.9 Å². The van der Waals surface area contributed by atoms with E-state index in [-0.39, 0.29) is 11.9 Å². The summed E-state index contributed by atoms with van der Waals surface area (Å²) in [7, 11) is 0. The smallest absolute Gasteiger partial charge is 0.123 e. The van der Waals surface area contributed by atoms with Crippen LogP contribution in [0, 0.1) is 11.7 Å². The maximum Gasteiger partial charge on any atom is 0.123 e. The summed E-state index contributed by atoms with van der Waals surface area (Å²) in [5, 5.41) is 3.32. The molecule has 3 nitrogen and oxygen atoms in total. The Kier molecular flexibility index (Phi) is 9.22. The first-order chi connectivity index (χ1) is 10.1. The molecule has 0 bridgehead atoms. The van der Waals surface area contributed by atoms with Gasteiger partial charge in [0.1, 0.15) is 5.82 Å². The molecular formula is C17H28FNO2. The minimum Gasteiger partial charge on any atom is -0.379 e. The molecule has 21 heavy (non-hydrogen) atoms. The molecule has 0 aliphatic heterocycles. The van der Waals surface area contributed by atoms with Gasteiger partial charge in [0.05, 0.1) is 19.3 Å². The summed E-state index contributed by atoms with van der Waals surface area (Å²) in [6.07, 6.45) is 0.919. The fourth-order valence-electron chi connectivity index (χ4n) is 1.96. The van der Waals surface area contributed by atoms with E-state index in [0.717, 1.165) is 25.1 Å². The molecule has 0 spiro atoms. The highest BCUT2D eigenvalue weighted by atomic mass is 19.1. The number of halogens is 1. The van der Waals surface area contributed by atoms with Crippen molar-refractivity contribution in [2.24, 2.45) is 5.92 Å². The van der Waals surface area contributed by atoms with Gasteiger partial charge in [0, 0.05) is 13.2 Å². The van der Waals surface area contributed by atoms with Crippen molar-refractivity contribution in [3.05, 3.63) is 35.6 Å². The van der Waals surface area contributed by atoms with E-state index in [9.17, 15) is 4.39 Å². The van der Waals surface area contributed by atoms with Gasteiger partial charge in [0.15, 0.2) is 0 Å². The number of rotatable bonds is 11. The molecule has 0 amide bonds. The summed E-state index contributed by atoms with van der Waals surface area (Å²) in [4.78, 5) is 0. The van der Waals surface area contributed by atoms with Crippen molar-refractivity contribution in [1.82, 2.24) is 5.32 Å². The highest BCUT2D eigenvalue weighted by Crippen LogP contribution is 2.17. The van der Waals surface area contributed by atoms with E-state index in [1.54, 1.807) is 6.07 Å². The van der Waals surface area contributed by atoms with E-state index in [1.807, 2.05) is 6.07 Å². The maximum absolute atomic E-state index is 13.3. The van der Waals surface area contributed by atoms with Crippen LogP contribution in [-0.2, 0) is 9.47 Å². The minimum atomic E-state index is -0.229. The molecule has 0 aromatic heterocycles. The Morgan fingerprint density at radius 1 is 1.24 bits per heavy atom. The summed E-state index contributed by atoms with van der Waals surface area (Å²) in [6, 6.07) is 6.60. The maximum atomic E-state index is 13.3. The van der Waals surface area contributed by atoms with Crippen molar-refractivity contribution in [1.29, 1.82) is 0 Å². The van der Waals surface area contributed by atoms with Crippen molar-refractivity contribution in [3.63, 3.8) is 0 Å². The Morgan fingerprint density at radius 2 is 2.05 bits per heavy atom. The molecule has 1 aromatic rings. The Labute approximate surface area is 127 Å². The first kappa shape index (κ1) is 18.1. The van der Waals surface area contributed by atoms with Crippen LogP contribution < -0.4 is 5.32 Å². The molecule has 1 atom stereocenters. The first-order valence-electron chi connectivity index (χ1n) is 7.79. The van der Waals surface area contributed by atoms with Crippen LogP contribution >= 0.6 is 0 Å². The summed E-state index contributed by atoms with van der Waals surface area (Å²) in [5.41, 5.74) is 0.863. The number of hydrogen-bond donors (Lipinski definition) is 1. The molecule has 1 unspecified atom stereocenters. The first-order valence-corrected chi connectivity index (χ1v) is 7.79. The second-order valence-electron chi connectivity index (χ2n) is 5.59. The predicted octanol–water partition coefficient (Wildman–Crippen LogP) is 3.56. The van der Waals surface area contributed by atoms with Crippen LogP contribution in [0.1, 0.15) is 38.9 Å². The van der Waals surface area contributed by atoms with Gasteiger partial charge < -0.3 is 14.8 Å². The standard InChI is InChI=1S/C17H28FNO2/c1-4-8-19-12-17(15-6-5-7-16(18)11-15)21-10-9-20-13-14(2)3/h5-7,11,14,17,19H,4,8-10,12-13H2,1-3H3. The van der Waals surface area contributed by atoms with E-state index < -0.39 is 0 Å². The number of nitrogens with one attached hydrogen (secondary N) is 1. The number of benzene rings is 1. The van der Waals surface area contributed by atoms with Crippen molar-refractivity contribution in [2.45, 2.75) is 33.3 Å². The minimum absolute atomic E-state index is 0.144. The van der Waals surface area contributed by atoms with Crippen LogP contribution in [0.5, 0.6) is 0 Å². The van der Waals surface area contributed by atoms with Crippen LogP contribution in [0.3, 0.4) is 0 Å². The normalized spacial score (nSPS) is 12.8. The monoisotopic (exact) mass is 297 g/mol. The van der Waals surface area contributed by atoms with Crippen molar-refractivity contribution >= 4 is 0 Å². The third-order valence-electron chi connectivity index (χ3n) is 2.97. The fourth-order valence-corrected chi connectivity index (χ4v) is 1.96. The van der Waals surface area contributed by atoms with Gasteiger partial charge in [0.25, 0.3) is 0 Å². The fraction of sp³-hybridized carbons (Fsp3) is 0.647. The lowest BCUT2D eigenvalue weighted by Crippen LogP contribution is -2.25. The van der Waals surface area contributed by atoms with Crippen molar-refractivity contribution < 1.29 is 13.9 Å². The zero-order valence-electron chi connectivity index (χ0n) is 13.4. The molecule has 0 aliphatic rings. The molecule has 0 saturated heterocycles. The summed E-state index contributed by atoms with van der Waals surface area (Å²) < 4.78 is 24.7. The molecule has 1 N–H and O–H groups in total. The third kappa shape index (κ3) is 8.15. The average molecular weight is 297 g/mol. The van der Waals surface area contributed by atoms with Gasteiger partial charge in [-0.1, -0.05) is 32.9 Å². The lowest BCUT2D eigenvalue weighted by molar-refractivity contribution is -0.00133. The molecule has 0 aliphatic carbocycles. The van der Waals surface area contributed by atoms with Crippen molar-refractivity contribution in [3.8, 4) is 0 Å². The molecule has 1 aromatic carbocycles. The van der Waals surface area contributed by atoms with Gasteiger partial charge in [-0.15, -0.1) is 0 Å². The van der Waals surface area contributed by atoms with Gasteiger partial charge >= 0.3 is 0 Å². The lowest BCUT2D eigenvalue weighted by atomic mass is 10.1. The Morgan fingerprint density at radius 3 is 2.71 bits per heavy atom. The molecule has 120 valence electrons. The van der Waals surface area contributed by atoms with E-state index in [0.29, 0.717) is 25.7 Å². The van der Waals surface area contributed by atoms with Crippen LogP contribution in [0.4, 0.5) is 4.39 Å². The summed E-state index contributed by atoms with van der Waals surface area (Å²) in [6.45, 7) is 9.78. The van der Waals surface area contributed by atoms with E-state index in [2.05, 4.69) is 26.1 Å². The average Bonchev–Trinajstić information content (AvgIpc) is 2.45. The quantitative estimate of drug-likeness (QED) is 0.634. The summed E-state index contributed by atoms with van der Waals surface area (Å²) >= 11 is 0. The van der Waals surface area contributed by atoms with Crippen LogP contribution in [0.25, 0.3) is 0 Å². The van der Waals surface area contributed by atoms with Gasteiger partial charge in [0.2, 0.25) is 0 Å². The summed E-state index contributed by atoms with van der Waals surface area (Å²) in [5.74, 6) is 0.294. The van der Waals surface area contributed by atoms with Crippen LogP contribution in [0.2, 0.25) is 0 Å². The second-order valence-corrected chi connectivity index (χ2v) is 5.59.